The molecule has 16 heteroatoms. The van der Waals surface area contributed by atoms with Gasteiger partial charge >= 0.3 is 24.5 Å². The summed E-state index contributed by atoms with van der Waals surface area (Å²) in [5.74, 6) is -0.0812. The predicted octanol–water partition coefficient (Wildman–Crippen LogP) is 3.85. The van der Waals surface area contributed by atoms with E-state index in [0.29, 0.717) is 18.9 Å². The Morgan fingerprint density at radius 1 is 0.947 bits per heavy atom. The lowest BCUT2D eigenvalue weighted by atomic mass is 9.89. The van der Waals surface area contributed by atoms with Crippen molar-refractivity contribution in [2.24, 2.45) is 0 Å². The Balaban J connectivity index is 1.57. The monoisotopic (exact) mass is 557 g/mol. The van der Waals surface area contributed by atoms with Gasteiger partial charge in [-0.3, -0.25) is 9.69 Å². The quantitative estimate of drug-likeness (QED) is 0.567. The molecule has 1 aromatic rings. The van der Waals surface area contributed by atoms with Gasteiger partial charge in [0.15, 0.2) is 0 Å². The molecule has 0 unspecified atom stereocenters. The number of fused-ring (bicyclic) bond motifs is 1. The number of nitrogens with zero attached hydrogens (tertiary/aromatic N) is 4. The molecule has 1 fully saturated rings. The average Bonchev–Trinajstić information content (AvgIpc) is 3.18. The summed E-state index contributed by atoms with van der Waals surface area (Å²) in [6.07, 6.45) is -16.5. The van der Waals surface area contributed by atoms with E-state index < -0.39 is 47.7 Å². The first-order valence-corrected chi connectivity index (χ1v) is 11.7. The number of imidazole rings is 1. The zero-order chi connectivity index (χ0) is 28.7. The Bertz CT molecular complexity index is 1040. The van der Waals surface area contributed by atoms with Crippen LogP contribution in [0, 0.1) is 0 Å². The lowest BCUT2D eigenvalue weighted by Crippen LogP contribution is -2.55. The molecule has 0 radical (unpaired) electrons. The normalized spacial score (nSPS) is 18.2. The first-order valence-electron chi connectivity index (χ1n) is 11.7. The van der Waals surface area contributed by atoms with Gasteiger partial charge < -0.3 is 24.3 Å². The molecule has 0 atom stereocenters. The fraction of sp³-hybridized carbons (Fsp3) is 0.727. The molecule has 3 amide bonds. The molecular formula is C22H29F6N5O5. The van der Waals surface area contributed by atoms with Gasteiger partial charge in [0.25, 0.3) is 12.0 Å². The summed E-state index contributed by atoms with van der Waals surface area (Å²) in [4.78, 5) is 43.7. The zero-order valence-corrected chi connectivity index (χ0v) is 21.2. The van der Waals surface area contributed by atoms with Gasteiger partial charge in [-0.25, -0.2) is 14.6 Å². The minimum Gasteiger partial charge on any atom is -0.444 e. The van der Waals surface area contributed by atoms with Gasteiger partial charge in [0.2, 0.25) is 0 Å². The molecule has 1 saturated heterocycles. The lowest BCUT2D eigenvalue weighted by Gasteiger charge is -2.39. The SMILES string of the molecule is CC1(NC(=O)c2cn3c(n2)CN(C(=O)OC(C)(C)C)CC3)CCN(C(=O)OC(C(F)(F)F)C(F)(F)F)CC1. The summed E-state index contributed by atoms with van der Waals surface area (Å²) in [6, 6.07) is 0. The number of carbonyl (C=O) groups is 3. The number of carbonyl (C=O) groups excluding carboxylic acids is 3. The number of halogens is 6. The highest BCUT2D eigenvalue weighted by Crippen LogP contribution is 2.36. The molecule has 0 bridgehead atoms. The highest BCUT2D eigenvalue weighted by molar-refractivity contribution is 5.92. The maximum Gasteiger partial charge on any atom is 0.434 e. The highest BCUT2D eigenvalue weighted by Gasteiger charge is 2.60. The number of rotatable bonds is 3. The van der Waals surface area contributed by atoms with Gasteiger partial charge in [-0.05, 0) is 40.5 Å². The predicted molar refractivity (Wildman–Crippen MR) is 118 cm³/mol. The van der Waals surface area contributed by atoms with Crippen molar-refractivity contribution in [3.63, 3.8) is 0 Å². The molecule has 1 aromatic heterocycles. The van der Waals surface area contributed by atoms with Crippen LogP contribution in [0.15, 0.2) is 6.20 Å². The van der Waals surface area contributed by atoms with Crippen LogP contribution in [0.2, 0.25) is 0 Å². The average molecular weight is 557 g/mol. The molecule has 214 valence electrons. The van der Waals surface area contributed by atoms with E-state index in [1.54, 1.807) is 32.3 Å². The van der Waals surface area contributed by atoms with E-state index in [0.717, 1.165) is 4.90 Å². The number of alkyl halides is 6. The maximum absolute atomic E-state index is 12.9. The molecule has 10 nitrogen and oxygen atoms in total. The topological polar surface area (TPSA) is 106 Å². The Labute approximate surface area is 214 Å². The van der Waals surface area contributed by atoms with Gasteiger partial charge in [-0.2, -0.15) is 26.3 Å². The van der Waals surface area contributed by atoms with E-state index in [2.05, 4.69) is 15.0 Å². The van der Waals surface area contributed by atoms with Gasteiger partial charge in [-0.1, -0.05) is 0 Å². The fourth-order valence-electron chi connectivity index (χ4n) is 3.98. The summed E-state index contributed by atoms with van der Waals surface area (Å²) in [6.45, 7) is 7.28. The van der Waals surface area contributed by atoms with Crippen LogP contribution in [0.1, 0.15) is 56.8 Å². The van der Waals surface area contributed by atoms with Crippen LogP contribution in [-0.2, 0) is 22.6 Å². The Morgan fingerprint density at radius 3 is 2.05 bits per heavy atom. The van der Waals surface area contributed by atoms with Crippen LogP contribution in [0.25, 0.3) is 0 Å². The summed E-state index contributed by atoms with van der Waals surface area (Å²) in [5, 5.41) is 2.78. The molecule has 38 heavy (non-hydrogen) atoms. The fourth-order valence-corrected chi connectivity index (χ4v) is 3.98. The second-order valence-corrected chi connectivity index (χ2v) is 10.5. The Kier molecular flexibility index (Phi) is 7.86. The minimum atomic E-state index is -5.81. The standard InChI is InChI=1S/C22H29F6N5O5/c1-19(2,3)38-18(36)33-10-9-32-11-13(29-14(32)12-33)15(34)30-20(4)5-7-31(8-6-20)17(35)37-16(21(23,24)25)22(26,27)28/h11,16H,5-10,12H2,1-4H3,(H,30,34). The van der Waals surface area contributed by atoms with Crippen LogP contribution in [-0.4, -0.2) is 86.7 Å². The van der Waals surface area contributed by atoms with E-state index >= 15 is 0 Å². The third-order valence-electron chi connectivity index (χ3n) is 6.04. The first-order chi connectivity index (χ1) is 17.3. The van der Waals surface area contributed by atoms with E-state index in [-0.39, 0.29) is 38.2 Å². The summed E-state index contributed by atoms with van der Waals surface area (Å²) in [5.41, 5.74) is -1.50. The lowest BCUT2D eigenvalue weighted by molar-refractivity contribution is -0.308. The van der Waals surface area contributed by atoms with Crippen molar-refractivity contribution < 1.29 is 50.2 Å². The van der Waals surface area contributed by atoms with Crippen molar-refractivity contribution in [1.29, 1.82) is 0 Å². The maximum atomic E-state index is 12.9. The number of hydrogen-bond acceptors (Lipinski definition) is 6. The zero-order valence-electron chi connectivity index (χ0n) is 21.2. The van der Waals surface area contributed by atoms with Crippen molar-refractivity contribution in [2.45, 2.75) is 83.2 Å². The molecule has 3 rings (SSSR count). The third kappa shape index (κ3) is 7.22. The molecule has 0 saturated carbocycles. The number of piperidine rings is 1. The van der Waals surface area contributed by atoms with Gasteiger partial charge in [0.1, 0.15) is 17.1 Å². The van der Waals surface area contributed by atoms with E-state index in [1.807, 2.05) is 0 Å². The Morgan fingerprint density at radius 2 is 1.53 bits per heavy atom. The number of hydrogen-bond donors (Lipinski definition) is 1. The largest absolute Gasteiger partial charge is 0.444 e. The molecule has 1 N–H and O–H groups in total. The van der Waals surface area contributed by atoms with Crippen LogP contribution in [0.5, 0.6) is 0 Å². The molecule has 2 aliphatic heterocycles. The number of nitrogens with one attached hydrogen (secondary N) is 1. The van der Waals surface area contributed by atoms with Crippen molar-refractivity contribution in [3.8, 4) is 0 Å². The van der Waals surface area contributed by atoms with Crippen molar-refractivity contribution in [3.05, 3.63) is 17.7 Å². The van der Waals surface area contributed by atoms with Crippen LogP contribution in [0.4, 0.5) is 35.9 Å². The highest BCUT2D eigenvalue weighted by atomic mass is 19.4. The van der Waals surface area contributed by atoms with Crippen LogP contribution < -0.4 is 5.32 Å². The summed E-state index contributed by atoms with van der Waals surface area (Å²) in [7, 11) is 0. The number of likely N-dealkylation sites (tertiary alicyclic amines) is 1. The van der Waals surface area contributed by atoms with Crippen molar-refractivity contribution >= 4 is 18.1 Å². The van der Waals surface area contributed by atoms with E-state index in [1.165, 1.54) is 11.1 Å². The molecule has 0 aliphatic carbocycles. The van der Waals surface area contributed by atoms with Crippen molar-refractivity contribution in [1.82, 2.24) is 24.7 Å². The second kappa shape index (κ2) is 10.2. The molecule has 0 spiro atoms. The number of aromatic nitrogens is 2. The first kappa shape index (κ1) is 29.4. The van der Waals surface area contributed by atoms with Gasteiger partial charge in [0.05, 0.1) is 6.54 Å². The smallest absolute Gasteiger partial charge is 0.434 e. The minimum absolute atomic E-state index is 0.0521. The second-order valence-electron chi connectivity index (χ2n) is 10.5. The third-order valence-corrected chi connectivity index (χ3v) is 6.04. The van der Waals surface area contributed by atoms with Gasteiger partial charge in [-0.15, -0.1) is 0 Å². The van der Waals surface area contributed by atoms with E-state index in [4.69, 9.17) is 4.74 Å². The Hall–Kier alpha value is -3.20. The molecule has 3 heterocycles. The number of amides is 3. The van der Waals surface area contributed by atoms with E-state index in [9.17, 15) is 40.7 Å². The van der Waals surface area contributed by atoms with Crippen LogP contribution >= 0.6 is 0 Å². The number of ether oxygens (including phenoxy) is 2. The van der Waals surface area contributed by atoms with Crippen molar-refractivity contribution in [2.75, 3.05) is 19.6 Å². The molecule has 2 aliphatic rings. The van der Waals surface area contributed by atoms with Crippen LogP contribution in [0.3, 0.4) is 0 Å². The molecular weight excluding hydrogens is 528 g/mol. The van der Waals surface area contributed by atoms with Gasteiger partial charge in [0, 0.05) is 37.9 Å². The summed E-state index contributed by atoms with van der Waals surface area (Å²) >= 11 is 0. The molecule has 0 aromatic carbocycles. The summed E-state index contributed by atoms with van der Waals surface area (Å²) < 4.78 is 86.9.